The summed E-state index contributed by atoms with van der Waals surface area (Å²) < 4.78 is 0. The second-order valence-electron chi connectivity index (χ2n) is 5.03. The number of nitrogens with zero attached hydrogens (tertiary/aromatic N) is 2. The van der Waals surface area contributed by atoms with Crippen molar-refractivity contribution in [1.29, 1.82) is 5.26 Å². The third-order valence-electron chi connectivity index (χ3n) is 3.38. The first kappa shape index (κ1) is 16.9. The van der Waals surface area contributed by atoms with Gasteiger partial charge in [0.15, 0.2) is 0 Å². The van der Waals surface area contributed by atoms with Crippen LogP contribution in [0.15, 0.2) is 54.1 Å². The van der Waals surface area contributed by atoms with Crippen LogP contribution in [-0.4, -0.2) is 10.8 Å². The van der Waals surface area contributed by atoms with E-state index in [4.69, 9.17) is 0 Å². The summed E-state index contributed by atoms with van der Waals surface area (Å²) in [6.07, 6.45) is 2.38. The fraction of sp³-hybridized carbons (Fsp3) is 0.111. The van der Waals surface area contributed by atoms with E-state index >= 15 is 0 Å². The number of amides is 1. The van der Waals surface area contributed by atoms with E-state index in [1.165, 1.54) is 30.3 Å². The van der Waals surface area contributed by atoms with Gasteiger partial charge in [0.1, 0.15) is 11.6 Å². The highest BCUT2D eigenvalue weighted by molar-refractivity contribution is 6.09. The van der Waals surface area contributed by atoms with Gasteiger partial charge in [0, 0.05) is 17.8 Å². The number of anilines is 1. The summed E-state index contributed by atoms with van der Waals surface area (Å²) in [7, 11) is 0. The van der Waals surface area contributed by atoms with Gasteiger partial charge in [0.05, 0.1) is 4.92 Å². The predicted octanol–water partition coefficient (Wildman–Crippen LogP) is 3.70. The molecule has 0 saturated carbocycles. The molecule has 0 spiro atoms. The second kappa shape index (κ2) is 7.70. The zero-order chi connectivity index (χ0) is 17.5. The van der Waals surface area contributed by atoms with Gasteiger partial charge in [-0.1, -0.05) is 37.3 Å². The van der Waals surface area contributed by atoms with E-state index in [1.807, 2.05) is 37.3 Å². The lowest BCUT2D eigenvalue weighted by atomic mass is 10.1. The minimum atomic E-state index is -0.613. The number of carbonyl (C=O) groups is 1. The average molecular weight is 321 g/mol. The fourth-order valence-electron chi connectivity index (χ4n) is 2.06. The van der Waals surface area contributed by atoms with Crippen LogP contribution >= 0.6 is 0 Å². The Hall–Kier alpha value is -3.46. The Bertz CT molecular complexity index is 833. The maximum Gasteiger partial charge on any atom is 0.271 e. The molecule has 0 heterocycles. The summed E-state index contributed by atoms with van der Waals surface area (Å²) in [4.78, 5) is 22.4. The van der Waals surface area contributed by atoms with Gasteiger partial charge >= 0.3 is 0 Å². The normalized spacial score (nSPS) is 10.8. The molecule has 0 atom stereocenters. The smallest absolute Gasteiger partial charge is 0.271 e. The Labute approximate surface area is 139 Å². The summed E-state index contributed by atoms with van der Waals surface area (Å²) in [6, 6.07) is 14.9. The number of nitriles is 1. The van der Waals surface area contributed by atoms with Crippen molar-refractivity contribution in [3.05, 3.63) is 75.3 Å². The zero-order valence-corrected chi connectivity index (χ0v) is 13.0. The molecule has 24 heavy (non-hydrogen) atoms. The highest BCUT2D eigenvalue weighted by Gasteiger charge is 2.12. The molecule has 6 heteroatoms. The molecule has 0 bridgehead atoms. The monoisotopic (exact) mass is 321 g/mol. The van der Waals surface area contributed by atoms with Crippen LogP contribution in [0.4, 0.5) is 11.4 Å². The fourth-order valence-corrected chi connectivity index (χ4v) is 2.06. The lowest BCUT2D eigenvalue weighted by molar-refractivity contribution is -0.384. The van der Waals surface area contributed by atoms with Crippen LogP contribution in [0.25, 0.3) is 6.08 Å². The van der Waals surface area contributed by atoms with Crippen LogP contribution in [0.5, 0.6) is 0 Å². The van der Waals surface area contributed by atoms with Gasteiger partial charge in [0.25, 0.3) is 11.6 Å². The summed E-state index contributed by atoms with van der Waals surface area (Å²) in [6.45, 7) is 2.04. The van der Waals surface area contributed by atoms with Gasteiger partial charge in [-0.05, 0) is 29.7 Å². The molecule has 0 aliphatic rings. The number of rotatable bonds is 5. The number of carbonyl (C=O) groups excluding carboxylic acids is 1. The summed E-state index contributed by atoms with van der Waals surface area (Å²) in [5, 5.41) is 22.4. The molecule has 0 aliphatic heterocycles. The van der Waals surface area contributed by atoms with Crippen molar-refractivity contribution in [2.75, 3.05) is 5.32 Å². The quantitative estimate of drug-likeness (QED) is 0.393. The van der Waals surface area contributed by atoms with E-state index in [-0.39, 0.29) is 16.9 Å². The second-order valence-corrected chi connectivity index (χ2v) is 5.03. The molecule has 0 saturated heterocycles. The molecule has 0 unspecified atom stereocenters. The third-order valence-corrected chi connectivity index (χ3v) is 3.38. The Balaban J connectivity index is 2.19. The number of nitrogens with one attached hydrogen (secondary N) is 1. The van der Waals surface area contributed by atoms with Crippen molar-refractivity contribution in [2.45, 2.75) is 13.3 Å². The number of nitro groups is 1. The topological polar surface area (TPSA) is 96.0 Å². The molecule has 0 radical (unpaired) electrons. The van der Waals surface area contributed by atoms with Crippen LogP contribution in [0.1, 0.15) is 18.1 Å². The number of non-ortho nitro benzene ring substituents is 1. The molecule has 0 fully saturated rings. The van der Waals surface area contributed by atoms with Gasteiger partial charge in [-0.25, -0.2) is 0 Å². The van der Waals surface area contributed by atoms with Gasteiger partial charge in [0.2, 0.25) is 0 Å². The summed E-state index contributed by atoms with van der Waals surface area (Å²) in [5.41, 5.74) is 1.94. The molecule has 2 rings (SSSR count). The summed E-state index contributed by atoms with van der Waals surface area (Å²) in [5.74, 6) is -0.613. The van der Waals surface area contributed by atoms with E-state index in [2.05, 4.69) is 5.32 Å². The Morgan fingerprint density at radius 1 is 1.29 bits per heavy atom. The van der Waals surface area contributed by atoms with Crippen molar-refractivity contribution >= 4 is 23.4 Å². The van der Waals surface area contributed by atoms with Crippen LogP contribution < -0.4 is 5.32 Å². The van der Waals surface area contributed by atoms with E-state index in [9.17, 15) is 20.2 Å². The van der Waals surface area contributed by atoms with E-state index in [1.54, 1.807) is 0 Å². The van der Waals surface area contributed by atoms with Gasteiger partial charge in [-0.3, -0.25) is 14.9 Å². The van der Waals surface area contributed by atoms with Crippen LogP contribution in [-0.2, 0) is 11.2 Å². The van der Waals surface area contributed by atoms with Gasteiger partial charge in [-0.2, -0.15) is 5.26 Å². The molecule has 1 amide bonds. The minimum Gasteiger partial charge on any atom is -0.321 e. The van der Waals surface area contributed by atoms with E-state index in [0.717, 1.165) is 17.5 Å². The number of aryl methyl sites for hydroxylation is 1. The van der Waals surface area contributed by atoms with Crippen LogP contribution in [0.3, 0.4) is 0 Å². The summed E-state index contributed by atoms with van der Waals surface area (Å²) >= 11 is 0. The maximum atomic E-state index is 12.2. The molecule has 2 aromatic rings. The Morgan fingerprint density at radius 3 is 2.58 bits per heavy atom. The molecule has 0 aromatic heterocycles. The Kier molecular flexibility index (Phi) is 5.42. The lowest BCUT2D eigenvalue weighted by Crippen LogP contribution is -2.13. The molecule has 1 N–H and O–H groups in total. The van der Waals surface area contributed by atoms with Gasteiger partial charge in [-0.15, -0.1) is 0 Å². The first-order chi connectivity index (χ1) is 11.5. The van der Waals surface area contributed by atoms with Gasteiger partial charge < -0.3 is 5.32 Å². The zero-order valence-electron chi connectivity index (χ0n) is 13.0. The van der Waals surface area contributed by atoms with Crippen molar-refractivity contribution in [3.8, 4) is 6.07 Å². The van der Waals surface area contributed by atoms with Crippen molar-refractivity contribution in [3.63, 3.8) is 0 Å². The average Bonchev–Trinajstić information content (AvgIpc) is 2.60. The highest BCUT2D eigenvalue weighted by Crippen LogP contribution is 2.18. The standard InChI is InChI=1S/C18H15N3O3/c1-2-13-6-8-14(9-7-13)10-15(12-19)18(22)20-16-4-3-5-17(11-16)21(23)24/h3-11H,2H2,1H3,(H,20,22)/b15-10+. The lowest BCUT2D eigenvalue weighted by Gasteiger charge is -2.04. The number of benzene rings is 2. The maximum absolute atomic E-state index is 12.2. The first-order valence-corrected chi connectivity index (χ1v) is 7.30. The molecule has 0 aliphatic carbocycles. The SMILES string of the molecule is CCc1ccc(/C=C(\C#N)C(=O)Nc2cccc([N+](=O)[O-])c2)cc1. The molecule has 120 valence electrons. The first-order valence-electron chi connectivity index (χ1n) is 7.30. The highest BCUT2D eigenvalue weighted by atomic mass is 16.6. The molecular weight excluding hydrogens is 306 g/mol. The van der Waals surface area contributed by atoms with Crippen LogP contribution in [0, 0.1) is 21.4 Å². The minimum absolute atomic E-state index is 0.0780. The van der Waals surface area contributed by atoms with E-state index < -0.39 is 10.8 Å². The third kappa shape index (κ3) is 4.27. The van der Waals surface area contributed by atoms with Crippen LogP contribution in [0.2, 0.25) is 0 Å². The number of hydrogen-bond acceptors (Lipinski definition) is 4. The molecule has 6 nitrogen and oxygen atoms in total. The largest absolute Gasteiger partial charge is 0.321 e. The van der Waals surface area contributed by atoms with Crippen molar-refractivity contribution in [1.82, 2.24) is 0 Å². The Morgan fingerprint density at radius 2 is 2.00 bits per heavy atom. The van der Waals surface area contributed by atoms with E-state index in [0.29, 0.717) is 0 Å². The van der Waals surface area contributed by atoms with Crippen molar-refractivity contribution < 1.29 is 9.72 Å². The molecular formula is C18H15N3O3. The molecule has 2 aromatic carbocycles. The number of hydrogen-bond donors (Lipinski definition) is 1. The number of nitro benzene ring substituents is 1. The predicted molar refractivity (Wildman–Crippen MR) is 91.1 cm³/mol. The van der Waals surface area contributed by atoms with Crippen molar-refractivity contribution in [2.24, 2.45) is 0 Å².